The van der Waals surface area contributed by atoms with Gasteiger partial charge in [-0.3, -0.25) is 10.1 Å². The molecule has 1 rings (SSSR count). The molecule has 0 unspecified atom stereocenters. The van der Waals surface area contributed by atoms with Gasteiger partial charge in [-0.1, -0.05) is 0 Å². The molecule has 0 spiro atoms. The van der Waals surface area contributed by atoms with Crippen molar-refractivity contribution in [3.8, 4) is 5.75 Å². The third kappa shape index (κ3) is 2.98. The molecule has 98 valence electrons. The number of esters is 1. The minimum absolute atomic E-state index is 0.0258. The van der Waals surface area contributed by atoms with Gasteiger partial charge < -0.3 is 9.47 Å². The third-order valence-corrected chi connectivity index (χ3v) is 2.65. The lowest BCUT2D eigenvalue weighted by Gasteiger charge is -2.13. The minimum atomic E-state index is -0.775. The second-order valence-electron chi connectivity index (χ2n) is 3.69. The van der Waals surface area contributed by atoms with Crippen molar-refractivity contribution >= 4 is 27.6 Å². The largest absolute Gasteiger partial charge is 0.483 e. The van der Waals surface area contributed by atoms with Crippen molar-refractivity contribution in [2.75, 3.05) is 7.11 Å². The van der Waals surface area contributed by atoms with E-state index < -0.39 is 16.6 Å². The Bertz CT molecular complexity index is 487. The van der Waals surface area contributed by atoms with Crippen LogP contribution in [-0.4, -0.2) is 24.1 Å². The predicted molar refractivity (Wildman–Crippen MR) is 67.9 cm³/mol. The van der Waals surface area contributed by atoms with Gasteiger partial charge in [0.15, 0.2) is 0 Å². The zero-order valence-electron chi connectivity index (χ0n) is 10.1. The van der Waals surface area contributed by atoms with E-state index in [2.05, 4.69) is 20.7 Å². The maximum atomic E-state index is 11.5. The predicted octanol–water partition coefficient (Wildman–Crippen LogP) is 2.93. The summed E-state index contributed by atoms with van der Waals surface area (Å²) >= 11 is 3.17. The summed E-state index contributed by atoms with van der Waals surface area (Å²) in [7, 11) is 1.16. The summed E-state index contributed by atoms with van der Waals surface area (Å²) in [5.41, 5.74) is -0.536. The number of ether oxygens (including phenoxy) is 2. The minimum Gasteiger partial charge on any atom is -0.483 e. The highest BCUT2D eigenvalue weighted by Gasteiger charge is 2.29. The smallest absolute Gasteiger partial charge is 0.345 e. The zero-order chi connectivity index (χ0) is 13.9. The lowest BCUT2D eigenvalue weighted by atomic mass is 10.1. The number of methoxy groups -OCH3 is 1. The molecule has 0 aliphatic rings. The van der Waals surface area contributed by atoms with Gasteiger partial charge in [-0.25, -0.2) is 4.79 Å². The molecular weight excluding hydrogens is 306 g/mol. The second kappa shape index (κ2) is 5.81. The highest BCUT2D eigenvalue weighted by molar-refractivity contribution is 9.10. The summed E-state index contributed by atoms with van der Waals surface area (Å²) in [6.45, 7) is 3.47. The van der Waals surface area contributed by atoms with Crippen molar-refractivity contribution in [2.45, 2.75) is 20.0 Å². The molecule has 0 radical (unpaired) electrons. The molecule has 7 heteroatoms. The quantitative estimate of drug-likeness (QED) is 0.484. The molecule has 0 amide bonds. The molecule has 0 aliphatic carbocycles. The van der Waals surface area contributed by atoms with Crippen molar-refractivity contribution in [1.82, 2.24) is 0 Å². The van der Waals surface area contributed by atoms with E-state index in [1.165, 1.54) is 12.1 Å². The Morgan fingerprint density at radius 2 is 2.06 bits per heavy atom. The number of carbonyl (C=O) groups excluding carboxylic acids is 1. The van der Waals surface area contributed by atoms with Crippen LogP contribution in [0.1, 0.15) is 24.2 Å². The van der Waals surface area contributed by atoms with Crippen LogP contribution in [0, 0.1) is 10.1 Å². The number of halogens is 1. The van der Waals surface area contributed by atoms with E-state index >= 15 is 0 Å². The molecule has 6 nitrogen and oxygen atoms in total. The lowest BCUT2D eigenvalue weighted by molar-refractivity contribution is -0.386. The Labute approximate surface area is 112 Å². The van der Waals surface area contributed by atoms with Crippen LogP contribution in [0.15, 0.2) is 16.6 Å². The van der Waals surface area contributed by atoms with E-state index in [-0.39, 0.29) is 17.4 Å². The van der Waals surface area contributed by atoms with Gasteiger partial charge in [-0.15, -0.1) is 0 Å². The van der Waals surface area contributed by atoms with Crippen LogP contribution in [0.4, 0.5) is 5.69 Å². The first-order valence-corrected chi connectivity index (χ1v) is 5.89. The first-order valence-electron chi connectivity index (χ1n) is 5.10. The van der Waals surface area contributed by atoms with Gasteiger partial charge in [0.2, 0.25) is 5.75 Å². The van der Waals surface area contributed by atoms with Gasteiger partial charge in [0.25, 0.3) is 0 Å². The van der Waals surface area contributed by atoms with Gasteiger partial charge in [-0.05, 0) is 41.9 Å². The SMILES string of the molecule is COC(=O)c1ccc(Br)c(OC(C)C)c1[N+](=O)[O-]. The number of rotatable bonds is 4. The fraction of sp³-hybridized carbons (Fsp3) is 0.364. The Morgan fingerprint density at radius 1 is 1.44 bits per heavy atom. The fourth-order valence-electron chi connectivity index (χ4n) is 1.35. The summed E-state index contributed by atoms with van der Waals surface area (Å²) in [4.78, 5) is 21.9. The fourth-order valence-corrected chi connectivity index (χ4v) is 1.76. The Morgan fingerprint density at radius 3 is 2.50 bits per heavy atom. The highest BCUT2D eigenvalue weighted by Crippen LogP contribution is 2.38. The van der Waals surface area contributed by atoms with E-state index in [0.29, 0.717) is 4.47 Å². The van der Waals surface area contributed by atoms with E-state index in [9.17, 15) is 14.9 Å². The van der Waals surface area contributed by atoms with Gasteiger partial charge in [0, 0.05) is 0 Å². The molecule has 0 bridgehead atoms. The maximum absolute atomic E-state index is 11.5. The van der Waals surface area contributed by atoms with Crippen molar-refractivity contribution in [1.29, 1.82) is 0 Å². The number of nitro benzene ring substituents is 1. The normalized spacial score (nSPS) is 10.3. The Hall–Kier alpha value is -1.63. The molecule has 1 aromatic carbocycles. The van der Waals surface area contributed by atoms with Crippen molar-refractivity contribution in [3.63, 3.8) is 0 Å². The van der Waals surface area contributed by atoms with Crippen LogP contribution >= 0.6 is 15.9 Å². The third-order valence-electron chi connectivity index (χ3n) is 2.02. The summed E-state index contributed by atoms with van der Waals surface area (Å²) < 4.78 is 10.3. The maximum Gasteiger partial charge on any atom is 0.345 e. The van der Waals surface area contributed by atoms with Crippen molar-refractivity contribution < 1.29 is 19.2 Å². The molecule has 0 aliphatic heterocycles. The summed E-state index contributed by atoms with van der Waals surface area (Å²) in [6, 6.07) is 2.83. The topological polar surface area (TPSA) is 78.7 Å². The number of nitrogens with zero attached hydrogens (tertiary/aromatic N) is 1. The van der Waals surface area contributed by atoms with Crippen LogP contribution in [0.5, 0.6) is 5.75 Å². The van der Waals surface area contributed by atoms with Crippen molar-refractivity contribution in [3.05, 3.63) is 32.3 Å². The summed E-state index contributed by atoms with van der Waals surface area (Å²) in [5.74, 6) is -0.749. The van der Waals surface area contributed by atoms with Gasteiger partial charge in [-0.2, -0.15) is 0 Å². The average Bonchev–Trinajstić information content (AvgIpc) is 2.29. The molecule has 18 heavy (non-hydrogen) atoms. The van der Waals surface area contributed by atoms with Crippen LogP contribution < -0.4 is 4.74 Å². The van der Waals surface area contributed by atoms with Crippen molar-refractivity contribution in [2.24, 2.45) is 0 Å². The van der Waals surface area contributed by atoms with Gasteiger partial charge in [0.1, 0.15) is 5.56 Å². The van der Waals surface area contributed by atoms with Crippen LogP contribution in [0.25, 0.3) is 0 Å². The zero-order valence-corrected chi connectivity index (χ0v) is 11.7. The first kappa shape index (κ1) is 14.4. The number of hydrogen-bond donors (Lipinski definition) is 0. The first-order chi connectivity index (χ1) is 8.38. The van der Waals surface area contributed by atoms with E-state index in [4.69, 9.17) is 4.74 Å². The molecule has 0 N–H and O–H groups in total. The van der Waals surface area contributed by atoms with Gasteiger partial charge in [0.05, 0.1) is 22.6 Å². The monoisotopic (exact) mass is 317 g/mol. The summed E-state index contributed by atoms with van der Waals surface area (Å²) in [6.07, 6.45) is -0.257. The molecule has 0 saturated heterocycles. The number of benzene rings is 1. The van der Waals surface area contributed by atoms with E-state index in [1.54, 1.807) is 13.8 Å². The van der Waals surface area contributed by atoms with Crippen LogP contribution in [-0.2, 0) is 4.74 Å². The molecular formula is C11H12BrNO5. The average molecular weight is 318 g/mol. The number of hydrogen-bond acceptors (Lipinski definition) is 5. The Kier molecular flexibility index (Phi) is 4.66. The summed E-state index contributed by atoms with van der Waals surface area (Å²) in [5, 5.41) is 11.1. The molecule has 0 aromatic heterocycles. The molecule has 0 fully saturated rings. The van der Waals surface area contributed by atoms with Gasteiger partial charge >= 0.3 is 11.7 Å². The molecule has 0 saturated carbocycles. The van der Waals surface area contributed by atoms with E-state index in [0.717, 1.165) is 7.11 Å². The van der Waals surface area contributed by atoms with Crippen LogP contribution in [0.2, 0.25) is 0 Å². The standard InChI is InChI=1S/C11H12BrNO5/c1-6(2)18-10-8(12)5-4-7(11(14)17-3)9(10)13(15)16/h4-6H,1-3H3. The molecule has 0 atom stereocenters. The van der Waals surface area contributed by atoms with E-state index in [1.807, 2.05) is 0 Å². The Balaban J connectivity index is 3.47. The lowest BCUT2D eigenvalue weighted by Crippen LogP contribution is -2.12. The molecule has 1 aromatic rings. The van der Waals surface area contributed by atoms with Crippen LogP contribution in [0.3, 0.4) is 0 Å². The molecule has 0 heterocycles. The number of nitro groups is 1. The number of carbonyl (C=O) groups is 1. The second-order valence-corrected chi connectivity index (χ2v) is 4.54. The highest BCUT2D eigenvalue weighted by atomic mass is 79.9.